The first kappa shape index (κ1) is 36.3. The molecule has 5 rings (SSSR count). The summed E-state index contributed by atoms with van der Waals surface area (Å²) in [6.07, 6.45) is 10.9. The van der Waals surface area contributed by atoms with Crippen molar-refractivity contribution in [3.05, 3.63) is 36.0 Å². The Bertz CT molecular complexity index is 1510. The van der Waals surface area contributed by atoms with Gasteiger partial charge in [0.1, 0.15) is 30.0 Å². The van der Waals surface area contributed by atoms with E-state index in [0.717, 1.165) is 68.2 Å². The van der Waals surface area contributed by atoms with E-state index in [1.807, 2.05) is 45.0 Å². The summed E-state index contributed by atoms with van der Waals surface area (Å²) in [5.41, 5.74) is 2.22. The molecule has 1 aromatic carbocycles. The van der Waals surface area contributed by atoms with E-state index < -0.39 is 36.0 Å². The molecule has 5 atom stereocenters. The lowest BCUT2D eigenvalue weighted by atomic mass is 9.92. The maximum Gasteiger partial charge on any atom is 0.248 e. The largest absolute Gasteiger partial charge is 0.371 e. The number of amides is 4. The predicted octanol–water partition coefficient (Wildman–Crippen LogP) is 4.72. The number of pyridine rings is 1. The van der Waals surface area contributed by atoms with Crippen molar-refractivity contribution in [3.8, 4) is 0 Å². The zero-order valence-electron chi connectivity index (χ0n) is 29.5. The zero-order valence-corrected chi connectivity index (χ0v) is 29.5. The molecule has 11 heteroatoms. The van der Waals surface area contributed by atoms with Crippen LogP contribution < -0.4 is 20.9 Å². The lowest BCUT2D eigenvalue weighted by Crippen LogP contribution is -2.62. The Morgan fingerprint density at radius 2 is 1.63 bits per heavy atom. The SMILES string of the molecule is CCC(=O)CCCCCC1NC(=O)C2CCCCN2C(=O)C(C(C)CC)NC(=O)C(c2cnc3ccccc3c2N2CCCCC2)NC1=O. The van der Waals surface area contributed by atoms with Crippen LogP contribution in [0.1, 0.15) is 116 Å². The number of carbonyl (C=O) groups is 5. The number of ketones is 1. The van der Waals surface area contributed by atoms with Gasteiger partial charge in [0.05, 0.1) is 11.2 Å². The number of rotatable bonds is 11. The van der Waals surface area contributed by atoms with Gasteiger partial charge in [-0.25, -0.2) is 0 Å². The molecular formula is C38H54N6O5. The fourth-order valence-corrected chi connectivity index (χ4v) is 7.48. The Hall–Kier alpha value is -4.02. The maximum absolute atomic E-state index is 14.6. The number of para-hydroxylation sites is 1. The van der Waals surface area contributed by atoms with E-state index in [2.05, 4.69) is 20.9 Å². The molecule has 4 amide bonds. The molecule has 3 saturated heterocycles. The standard InChI is InChI=1S/C38H54N6O5/c1-4-25(3)32-38(49)44-23-15-12-20-31(44)36(47)40-30(19-9-6-8-16-26(45)5-2)35(46)42-33(37(48)41-32)28-24-39-29-18-11-10-17-27(29)34(28)43-21-13-7-14-22-43/h10-11,17-18,24-25,30-33H,4-9,12-16,19-23H2,1-3H3,(H,40,47)(H,41,48)(H,42,46). The number of anilines is 1. The van der Waals surface area contributed by atoms with Crippen molar-refractivity contribution in [2.24, 2.45) is 5.92 Å². The summed E-state index contributed by atoms with van der Waals surface area (Å²) in [5.74, 6) is -1.53. The van der Waals surface area contributed by atoms with E-state index in [4.69, 9.17) is 4.98 Å². The van der Waals surface area contributed by atoms with Crippen LogP contribution in [0, 0.1) is 5.92 Å². The second-order valence-electron chi connectivity index (χ2n) is 14.0. The van der Waals surface area contributed by atoms with Crippen molar-refractivity contribution in [1.29, 1.82) is 0 Å². The molecule has 5 unspecified atom stereocenters. The monoisotopic (exact) mass is 674 g/mol. The molecule has 4 heterocycles. The highest BCUT2D eigenvalue weighted by Crippen LogP contribution is 2.36. The van der Waals surface area contributed by atoms with E-state index in [0.29, 0.717) is 57.1 Å². The van der Waals surface area contributed by atoms with Crippen molar-refractivity contribution in [3.63, 3.8) is 0 Å². The van der Waals surface area contributed by atoms with Gasteiger partial charge in [-0.2, -0.15) is 0 Å². The van der Waals surface area contributed by atoms with Crippen LogP contribution in [-0.4, -0.2) is 77.1 Å². The van der Waals surface area contributed by atoms with Gasteiger partial charge in [-0.05, 0) is 63.4 Å². The van der Waals surface area contributed by atoms with Crippen LogP contribution in [0.25, 0.3) is 10.9 Å². The highest BCUT2D eigenvalue weighted by Gasteiger charge is 2.41. The van der Waals surface area contributed by atoms with Crippen molar-refractivity contribution >= 4 is 46.0 Å². The van der Waals surface area contributed by atoms with Crippen LogP contribution in [-0.2, 0) is 24.0 Å². The topological polar surface area (TPSA) is 141 Å². The Morgan fingerprint density at radius 3 is 2.39 bits per heavy atom. The number of hydrogen-bond donors (Lipinski definition) is 3. The molecular weight excluding hydrogens is 620 g/mol. The first-order valence-corrected chi connectivity index (χ1v) is 18.6. The van der Waals surface area contributed by atoms with Crippen molar-refractivity contribution < 1.29 is 24.0 Å². The Kier molecular flexibility index (Phi) is 12.6. The van der Waals surface area contributed by atoms with Crippen molar-refractivity contribution in [2.75, 3.05) is 24.5 Å². The summed E-state index contributed by atoms with van der Waals surface area (Å²) in [6, 6.07) is 4.18. The average Bonchev–Trinajstić information content (AvgIpc) is 3.13. The average molecular weight is 675 g/mol. The van der Waals surface area contributed by atoms with Gasteiger partial charge >= 0.3 is 0 Å². The summed E-state index contributed by atoms with van der Waals surface area (Å²) in [4.78, 5) is 77.6. The summed E-state index contributed by atoms with van der Waals surface area (Å²) < 4.78 is 0. The van der Waals surface area contributed by atoms with Gasteiger partial charge in [-0.3, -0.25) is 29.0 Å². The van der Waals surface area contributed by atoms with Gasteiger partial charge < -0.3 is 25.8 Å². The second kappa shape index (κ2) is 17.1. The van der Waals surface area contributed by atoms with Crippen molar-refractivity contribution in [2.45, 2.75) is 128 Å². The molecule has 0 bridgehead atoms. The Balaban J connectivity index is 1.56. The summed E-state index contributed by atoms with van der Waals surface area (Å²) in [5, 5.41) is 10.00. The molecule has 0 radical (unpaired) electrons. The number of benzene rings is 1. The predicted molar refractivity (Wildman–Crippen MR) is 190 cm³/mol. The summed E-state index contributed by atoms with van der Waals surface area (Å²) in [6.45, 7) is 7.80. The first-order chi connectivity index (χ1) is 23.7. The Morgan fingerprint density at radius 1 is 0.878 bits per heavy atom. The van der Waals surface area contributed by atoms with Gasteiger partial charge in [0.2, 0.25) is 23.6 Å². The normalized spacial score (nSPS) is 24.6. The number of fused-ring (bicyclic) bond motifs is 2. The minimum absolute atomic E-state index is 0.204. The molecule has 266 valence electrons. The van der Waals surface area contributed by atoms with Crippen LogP contribution in [0.2, 0.25) is 0 Å². The number of hydrogen-bond acceptors (Lipinski definition) is 7. The van der Waals surface area contributed by atoms with Gasteiger partial charge in [0.15, 0.2) is 0 Å². The molecule has 0 aliphatic carbocycles. The highest BCUT2D eigenvalue weighted by atomic mass is 16.2. The van der Waals surface area contributed by atoms with E-state index in [9.17, 15) is 24.0 Å². The second-order valence-corrected chi connectivity index (χ2v) is 14.0. The molecule has 3 fully saturated rings. The third-order valence-electron chi connectivity index (χ3n) is 10.6. The summed E-state index contributed by atoms with van der Waals surface area (Å²) in [7, 11) is 0. The zero-order chi connectivity index (χ0) is 34.9. The van der Waals surface area contributed by atoms with Crippen LogP contribution in [0.3, 0.4) is 0 Å². The van der Waals surface area contributed by atoms with Gasteiger partial charge in [-0.15, -0.1) is 0 Å². The quantitative estimate of drug-likeness (QED) is 0.293. The van der Waals surface area contributed by atoms with E-state index >= 15 is 0 Å². The van der Waals surface area contributed by atoms with Crippen LogP contribution >= 0.6 is 0 Å². The van der Waals surface area contributed by atoms with E-state index in [-0.39, 0.29) is 23.5 Å². The highest BCUT2D eigenvalue weighted by molar-refractivity contribution is 6.01. The number of nitrogens with one attached hydrogen (secondary N) is 3. The lowest BCUT2D eigenvalue weighted by molar-refractivity contribution is -0.147. The number of aromatic nitrogens is 1. The van der Waals surface area contributed by atoms with Crippen molar-refractivity contribution in [1.82, 2.24) is 25.8 Å². The number of carbonyl (C=O) groups excluding carboxylic acids is 5. The lowest BCUT2D eigenvalue weighted by Gasteiger charge is -2.40. The molecule has 3 aliphatic heterocycles. The minimum atomic E-state index is -1.15. The van der Waals surface area contributed by atoms with E-state index in [1.54, 1.807) is 11.1 Å². The van der Waals surface area contributed by atoms with Gasteiger partial charge in [-0.1, -0.05) is 58.2 Å². The molecule has 2 aromatic rings. The molecule has 49 heavy (non-hydrogen) atoms. The molecule has 3 N–H and O–H groups in total. The number of nitrogens with zero attached hydrogens (tertiary/aromatic N) is 3. The molecule has 11 nitrogen and oxygen atoms in total. The van der Waals surface area contributed by atoms with Gasteiger partial charge in [0.25, 0.3) is 0 Å². The van der Waals surface area contributed by atoms with Crippen LogP contribution in [0.4, 0.5) is 5.69 Å². The maximum atomic E-state index is 14.6. The first-order valence-electron chi connectivity index (χ1n) is 18.6. The molecule has 0 saturated carbocycles. The fraction of sp³-hybridized carbons (Fsp3) is 0.632. The number of Topliss-reactive ketones (excluding diaryl/α,β-unsaturated/α-hetero) is 1. The molecule has 3 aliphatic rings. The third-order valence-corrected chi connectivity index (χ3v) is 10.6. The number of unbranched alkanes of at least 4 members (excludes halogenated alkanes) is 2. The van der Waals surface area contributed by atoms with Crippen LogP contribution in [0.15, 0.2) is 30.5 Å². The summed E-state index contributed by atoms with van der Waals surface area (Å²) >= 11 is 0. The molecule has 0 spiro atoms. The third kappa shape index (κ3) is 8.59. The number of piperidine rings is 2. The smallest absolute Gasteiger partial charge is 0.248 e. The van der Waals surface area contributed by atoms with E-state index in [1.165, 1.54) is 0 Å². The fourth-order valence-electron chi connectivity index (χ4n) is 7.48. The Labute approximate surface area is 290 Å². The van der Waals surface area contributed by atoms with Crippen LogP contribution in [0.5, 0.6) is 0 Å². The van der Waals surface area contributed by atoms with Gasteiger partial charge in [0, 0.05) is 49.6 Å². The molecule has 1 aromatic heterocycles. The minimum Gasteiger partial charge on any atom is -0.371 e.